The largest absolute Gasteiger partial charge is 0.382 e. The molecular weight excluding hydrogens is 226 g/mol. The van der Waals surface area contributed by atoms with E-state index in [1.54, 1.807) is 7.11 Å². The summed E-state index contributed by atoms with van der Waals surface area (Å²) in [4.78, 5) is 0. The number of rotatable bonds is 8. The van der Waals surface area contributed by atoms with Gasteiger partial charge in [-0.1, -0.05) is 13.8 Å². The summed E-state index contributed by atoms with van der Waals surface area (Å²) >= 11 is 0. The first kappa shape index (κ1) is 15.9. The number of hydrogen-bond acceptors (Lipinski definition) is 3. The molecule has 1 saturated carbocycles. The summed E-state index contributed by atoms with van der Waals surface area (Å²) in [5.41, 5.74) is 0. The van der Waals surface area contributed by atoms with Crippen LogP contribution in [0.5, 0.6) is 0 Å². The third-order valence-electron chi connectivity index (χ3n) is 4.40. The average molecular weight is 257 g/mol. The van der Waals surface area contributed by atoms with Gasteiger partial charge in [-0.3, -0.25) is 0 Å². The normalized spacial score (nSPS) is 28.8. The van der Waals surface area contributed by atoms with Gasteiger partial charge in [-0.15, -0.1) is 0 Å². The lowest BCUT2D eigenvalue weighted by molar-refractivity contribution is 0.0528. The highest BCUT2D eigenvalue weighted by molar-refractivity contribution is 4.85. The van der Waals surface area contributed by atoms with Gasteiger partial charge >= 0.3 is 0 Å². The Morgan fingerprint density at radius 1 is 1.17 bits per heavy atom. The van der Waals surface area contributed by atoms with Gasteiger partial charge in [0.05, 0.1) is 13.2 Å². The highest BCUT2D eigenvalue weighted by Gasteiger charge is 2.30. The summed E-state index contributed by atoms with van der Waals surface area (Å²) in [6.45, 7) is 7.01. The number of ether oxygens (including phenoxy) is 2. The predicted molar refractivity (Wildman–Crippen MR) is 75.8 cm³/mol. The molecule has 0 aromatic heterocycles. The van der Waals surface area contributed by atoms with Crippen LogP contribution >= 0.6 is 0 Å². The molecule has 0 amide bonds. The van der Waals surface area contributed by atoms with Crippen LogP contribution in [0.15, 0.2) is 0 Å². The van der Waals surface area contributed by atoms with Crippen molar-refractivity contribution in [3.63, 3.8) is 0 Å². The van der Waals surface area contributed by atoms with Crippen molar-refractivity contribution in [2.45, 2.75) is 45.6 Å². The highest BCUT2D eigenvalue weighted by atomic mass is 16.5. The van der Waals surface area contributed by atoms with Crippen molar-refractivity contribution in [2.75, 3.05) is 34.0 Å². The van der Waals surface area contributed by atoms with E-state index >= 15 is 0 Å². The molecule has 3 unspecified atom stereocenters. The molecule has 0 spiro atoms. The van der Waals surface area contributed by atoms with Crippen LogP contribution in [-0.4, -0.2) is 40.0 Å². The second-order valence-corrected chi connectivity index (χ2v) is 5.87. The van der Waals surface area contributed by atoms with Gasteiger partial charge in [-0.05, 0) is 50.5 Å². The van der Waals surface area contributed by atoms with E-state index in [2.05, 4.69) is 26.2 Å². The monoisotopic (exact) mass is 257 g/mol. The molecule has 0 aromatic carbocycles. The van der Waals surface area contributed by atoms with Crippen molar-refractivity contribution < 1.29 is 9.47 Å². The first-order chi connectivity index (χ1) is 8.69. The van der Waals surface area contributed by atoms with E-state index in [0.29, 0.717) is 12.6 Å². The number of methoxy groups -OCH3 is 1. The third kappa shape index (κ3) is 5.25. The second-order valence-electron chi connectivity index (χ2n) is 5.87. The van der Waals surface area contributed by atoms with E-state index in [4.69, 9.17) is 9.47 Å². The maximum atomic E-state index is 5.61. The molecule has 3 heteroatoms. The molecule has 3 atom stereocenters. The summed E-state index contributed by atoms with van der Waals surface area (Å²) in [6, 6.07) is 0.686. The second kappa shape index (κ2) is 8.89. The van der Waals surface area contributed by atoms with Crippen LogP contribution in [0.1, 0.15) is 39.5 Å². The minimum absolute atomic E-state index is 0.686. The lowest BCUT2D eigenvalue weighted by Crippen LogP contribution is -2.40. The molecule has 1 aliphatic carbocycles. The van der Waals surface area contributed by atoms with Crippen molar-refractivity contribution >= 4 is 0 Å². The van der Waals surface area contributed by atoms with E-state index in [0.717, 1.165) is 31.0 Å². The molecule has 0 saturated heterocycles. The fraction of sp³-hybridized carbons (Fsp3) is 1.00. The molecule has 1 N–H and O–H groups in total. The van der Waals surface area contributed by atoms with Gasteiger partial charge < -0.3 is 14.8 Å². The Balaban J connectivity index is 2.29. The zero-order valence-electron chi connectivity index (χ0n) is 12.6. The van der Waals surface area contributed by atoms with Gasteiger partial charge in [0.1, 0.15) is 0 Å². The van der Waals surface area contributed by atoms with Crippen LogP contribution in [0.3, 0.4) is 0 Å². The quantitative estimate of drug-likeness (QED) is 0.678. The SMILES string of the molecule is CNC1CCC(C(C)C)CC1CCOCCOC. The van der Waals surface area contributed by atoms with Crippen molar-refractivity contribution in [3.05, 3.63) is 0 Å². The van der Waals surface area contributed by atoms with Crippen LogP contribution in [0.2, 0.25) is 0 Å². The number of nitrogens with one attached hydrogen (secondary N) is 1. The van der Waals surface area contributed by atoms with Crippen LogP contribution in [0, 0.1) is 17.8 Å². The molecule has 0 heterocycles. The fourth-order valence-corrected chi connectivity index (χ4v) is 3.08. The molecule has 1 aliphatic rings. The van der Waals surface area contributed by atoms with Crippen LogP contribution in [0.25, 0.3) is 0 Å². The topological polar surface area (TPSA) is 30.5 Å². The van der Waals surface area contributed by atoms with E-state index in [1.165, 1.54) is 25.7 Å². The Hall–Kier alpha value is -0.120. The smallest absolute Gasteiger partial charge is 0.0700 e. The van der Waals surface area contributed by atoms with Crippen LogP contribution in [0.4, 0.5) is 0 Å². The Morgan fingerprint density at radius 3 is 2.56 bits per heavy atom. The van der Waals surface area contributed by atoms with Gasteiger partial charge in [0.15, 0.2) is 0 Å². The van der Waals surface area contributed by atoms with Gasteiger partial charge in [0.2, 0.25) is 0 Å². The Kier molecular flexibility index (Phi) is 7.87. The van der Waals surface area contributed by atoms with E-state index < -0.39 is 0 Å². The summed E-state index contributed by atoms with van der Waals surface area (Å²) in [5.74, 6) is 2.50. The summed E-state index contributed by atoms with van der Waals surface area (Å²) < 4.78 is 10.6. The molecule has 0 aliphatic heterocycles. The van der Waals surface area contributed by atoms with Crippen molar-refractivity contribution in [2.24, 2.45) is 17.8 Å². The molecule has 0 radical (unpaired) electrons. The molecule has 1 rings (SSSR count). The molecule has 0 bridgehead atoms. The predicted octanol–water partition coefficient (Wildman–Crippen LogP) is 2.70. The maximum Gasteiger partial charge on any atom is 0.0700 e. The molecule has 1 fully saturated rings. The molecule has 3 nitrogen and oxygen atoms in total. The lowest BCUT2D eigenvalue weighted by atomic mass is 9.72. The van der Waals surface area contributed by atoms with Gasteiger partial charge in [0, 0.05) is 19.8 Å². The summed E-state index contributed by atoms with van der Waals surface area (Å²) in [7, 11) is 3.81. The molecular formula is C15H31NO2. The molecule has 0 aromatic rings. The van der Waals surface area contributed by atoms with Crippen LogP contribution in [-0.2, 0) is 9.47 Å². The zero-order valence-corrected chi connectivity index (χ0v) is 12.6. The minimum Gasteiger partial charge on any atom is -0.382 e. The fourth-order valence-electron chi connectivity index (χ4n) is 3.08. The zero-order chi connectivity index (χ0) is 13.4. The van der Waals surface area contributed by atoms with Crippen LogP contribution < -0.4 is 5.32 Å². The van der Waals surface area contributed by atoms with Gasteiger partial charge in [0.25, 0.3) is 0 Å². The summed E-state index contributed by atoms with van der Waals surface area (Å²) in [6.07, 6.45) is 5.24. The Morgan fingerprint density at radius 2 is 1.94 bits per heavy atom. The van der Waals surface area contributed by atoms with E-state index in [1.807, 2.05) is 0 Å². The van der Waals surface area contributed by atoms with Crippen molar-refractivity contribution in [1.82, 2.24) is 5.32 Å². The van der Waals surface area contributed by atoms with E-state index in [9.17, 15) is 0 Å². The van der Waals surface area contributed by atoms with E-state index in [-0.39, 0.29) is 0 Å². The first-order valence-corrected chi connectivity index (χ1v) is 7.43. The van der Waals surface area contributed by atoms with Gasteiger partial charge in [-0.2, -0.15) is 0 Å². The Bertz CT molecular complexity index is 209. The Labute approximate surface area is 113 Å². The highest BCUT2D eigenvalue weighted by Crippen LogP contribution is 2.35. The minimum atomic E-state index is 0.686. The summed E-state index contributed by atoms with van der Waals surface area (Å²) in [5, 5.41) is 3.49. The maximum absolute atomic E-state index is 5.61. The molecule has 108 valence electrons. The first-order valence-electron chi connectivity index (χ1n) is 7.43. The third-order valence-corrected chi connectivity index (χ3v) is 4.40. The average Bonchev–Trinajstić information content (AvgIpc) is 2.38. The lowest BCUT2D eigenvalue weighted by Gasteiger charge is -2.38. The van der Waals surface area contributed by atoms with Gasteiger partial charge in [-0.25, -0.2) is 0 Å². The standard InChI is InChI=1S/C15H31NO2/c1-12(2)13-5-6-15(16-3)14(11-13)7-8-18-10-9-17-4/h12-16H,5-11H2,1-4H3. The van der Waals surface area contributed by atoms with Crippen molar-refractivity contribution in [1.29, 1.82) is 0 Å². The van der Waals surface area contributed by atoms with Crippen molar-refractivity contribution in [3.8, 4) is 0 Å². The number of hydrogen-bond donors (Lipinski definition) is 1. The molecule has 18 heavy (non-hydrogen) atoms.